The largest absolute Gasteiger partial charge is 0.240 e. The normalized spacial score (nSPS) is 11.7. The fourth-order valence-corrected chi connectivity index (χ4v) is 3.86. The van der Waals surface area contributed by atoms with Crippen LogP contribution in [0.15, 0.2) is 52.1 Å². The van der Waals surface area contributed by atoms with E-state index in [2.05, 4.69) is 0 Å². The maximum atomic E-state index is 14.1. The molecule has 7 heteroatoms. The summed E-state index contributed by atoms with van der Waals surface area (Å²) in [7, 11) is -4.11. The number of halogens is 2. The zero-order valence-electron chi connectivity index (χ0n) is 12.6. The second-order valence-electron chi connectivity index (χ2n) is 5.35. The lowest BCUT2D eigenvalue weighted by Crippen LogP contribution is -2.13. The predicted molar refractivity (Wildman–Crippen MR) is 91.2 cm³/mol. The number of aryl methyl sites for hydroxylation is 1. The minimum absolute atomic E-state index is 0.319. The van der Waals surface area contributed by atoms with Crippen molar-refractivity contribution in [3.05, 3.63) is 64.4 Å². The second-order valence-corrected chi connectivity index (χ2v) is 7.63. The molecule has 0 aliphatic heterocycles. The molecule has 0 radical (unpaired) electrons. The highest BCUT2D eigenvalue weighted by Gasteiger charge is 2.17. The molecule has 0 fully saturated rings. The molecule has 0 atom stereocenters. The van der Waals surface area contributed by atoms with Gasteiger partial charge in [0.1, 0.15) is 16.5 Å². The van der Waals surface area contributed by atoms with Crippen LogP contribution in [0.1, 0.15) is 5.56 Å². The average molecular weight is 365 g/mol. The van der Waals surface area contributed by atoms with E-state index in [9.17, 15) is 17.2 Å². The molecule has 2 aromatic carbocycles. The molecule has 3 aromatic rings. The van der Waals surface area contributed by atoms with Gasteiger partial charge in [-0.3, -0.25) is 0 Å². The fourth-order valence-electron chi connectivity index (χ4n) is 2.40. The van der Waals surface area contributed by atoms with Crippen LogP contribution in [-0.2, 0) is 10.0 Å². The molecule has 0 spiro atoms. The predicted octanol–water partition coefficient (Wildman–Crippen LogP) is 4.32. The molecule has 2 N–H and O–H groups in total. The number of nitrogens with two attached hydrogens (primary N) is 1. The first-order chi connectivity index (χ1) is 11.3. The number of hydrogen-bond acceptors (Lipinski definition) is 3. The smallest absolute Gasteiger partial charge is 0.225 e. The SMILES string of the molecule is Cc1ccc(-c2cscc2-c2ccc(S(N)(=O)=O)c(F)c2)cc1F. The van der Waals surface area contributed by atoms with Crippen LogP contribution < -0.4 is 5.14 Å². The molecule has 3 nitrogen and oxygen atoms in total. The average Bonchev–Trinajstić information content (AvgIpc) is 2.98. The molecule has 0 bridgehead atoms. The van der Waals surface area contributed by atoms with Crippen molar-refractivity contribution in [2.24, 2.45) is 5.14 Å². The van der Waals surface area contributed by atoms with Crippen molar-refractivity contribution in [3.63, 3.8) is 0 Å². The number of rotatable bonds is 3. The van der Waals surface area contributed by atoms with Crippen LogP contribution in [0.25, 0.3) is 22.3 Å². The Kier molecular flexibility index (Phi) is 4.25. The number of benzene rings is 2. The summed E-state index contributed by atoms with van der Waals surface area (Å²) in [4.78, 5) is -0.551. The van der Waals surface area contributed by atoms with Gasteiger partial charge in [0.15, 0.2) is 0 Å². The highest BCUT2D eigenvalue weighted by atomic mass is 32.2. The second kappa shape index (κ2) is 6.08. The minimum Gasteiger partial charge on any atom is -0.225 e. The summed E-state index contributed by atoms with van der Waals surface area (Å²) in [5.74, 6) is -1.23. The van der Waals surface area contributed by atoms with Gasteiger partial charge < -0.3 is 0 Å². The summed E-state index contributed by atoms with van der Waals surface area (Å²) in [5, 5.41) is 8.61. The van der Waals surface area contributed by atoms with Crippen LogP contribution in [-0.4, -0.2) is 8.42 Å². The molecular formula is C17H13F2NO2S2. The standard InChI is InChI=1S/C17H13F2NO2S2/c1-10-2-3-11(6-15(10)18)13-8-23-9-14(13)12-4-5-17(16(19)7-12)24(20,21)22/h2-9H,1H3,(H2,20,21,22). The van der Waals surface area contributed by atoms with Crippen molar-refractivity contribution in [1.29, 1.82) is 0 Å². The first-order valence-corrected chi connectivity index (χ1v) is 9.42. The number of thiophene rings is 1. The van der Waals surface area contributed by atoms with Gasteiger partial charge in [-0.1, -0.05) is 18.2 Å². The molecule has 0 unspecified atom stereocenters. The van der Waals surface area contributed by atoms with Gasteiger partial charge >= 0.3 is 0 Å². The maximum Gasteiger partial charge on any atom is 0.240 e. The van der Waals surface area contributed by atoms with Gasteiger partial charge in [-0.25, -0.2) is 22.3 Å². The molecule has 0 saturated heterocycles. The van der Waals surface area contributed by atoms with Gasteiger partial charge in [0.2, 0.25) is 10.0 Å². The molecular weight excluding hydrogens is 352 g/mol. The topological polar surface area (TPSA) is 60.2 Å². The van der Waals surface area contributed by atoms with E-state index < -0.39 is 20.7 Å². The summed E-state index contributed by atoms with van der Waals surface area (Å²) in [6, 6.07) is 8.64. The lowest BCUT2D eigenvalue weighted by molar-refractivity contribution is 0.568. The quantitative estimate of drug-likeness (QED) is 0.752. The fraction of sp³-hybridized carbons (Fsp3) is 0.0588. The third kappa shape index (κ3) is 3.10. The van der Waals surface area contributed by atoms with E-state index in [1.54, 1.807) is 24.4 Å². The van der Waals surface area contributed by atoms with Gasteiger partial charge in [-0.2, -0.15) is 11.3 Å². The molecule has 1 heterocycles. The van der Waals surface area contributed by atoms with Crippen molar-refractivity contribution < 1.29 is 17.2 Å². The maximum absolute atomic E-state index is 14.1. The van der Waals surface area contributed by atoms with E-state index >= 15 is 0 Å². The molecule has 124 valence electrons. The molecule has 3 rings (SSSR count). The van der Waals surface area contributed by atoms with Gasteiger partial charge in [0, 0.05) is 11.1 Å². The third-order valence-electron chi connectivity index (χ3n) is 3.69. The van der Waals surface area contributed by atoms with Crippen LogP contribution in [0.3, 0.4) is 0 Å². The first-order valence-electron chi connectivity index (χ1n) is 6.93. The Balaban J connectivity index is 2.11. The minimum atomic E-state index is -4.11. The molecule has 0 aliphatic rings. The number of primary sulfonamides is 1. The summed E-state index contributed by atoms with van der Waals surface area (Å²) in [5.41, 5.74) is 3.16. The summed E-state index contributed by atoms with van der Waals surface area (Å²) in [6.07, 6.45) is 0. The highest BCUT2D eigenvalue weighted by molar-refractivity contribution is 7.89. The van der Waals surface area contributed by atoms with Gasteiger partial charge in [-0.05, 0) is 52.6 Å². The van der Waals surface area contributed by atoms with Gasteiger partial charge in [0.25, 0.3) is 0 Å². The monoisotopic (exact) mass is 365 g/mol. The Morgan fingerprint density at radius 1 is 0.917 bits per heavy atom. The van der Waals surface area contributed by atoms with Crippen LogP contribution >= 0.6 is 11.3 Å². The lowest BCUT2D eigenvalue weighted by atomic mass is 9.98. The summed E-state index contributed by atoms with van der Waals surface area (Å²) >= 11 is 1.39. The van der Waals surface area contributed by atoms with Crippen molar-refractivity contribution in [2.45, 2.75) is 11.8 Å². The van der Waals surface area contributed by atoms with E-state index in [-0.39, 0.29) is 5.82 Å². The van der Waals surface area contributed by atoms with Crippen LogP contribution in [0.5, 0.6) is 0 Å². The zero-order valence-corrected chi connectivity index (χ0v) is 14.2. The van der Waals surface area contributed by atoms with Crippen molar-refractivity contribution >= 4 is 21.4 Å². The van der Waals surface area contributed by atoms with Gasteiger partial charge in [-0.15, -0.1) is 0 Å². The first kappa shape index (κ1) is 16.8. The van der Waals surface area contributed by atoms with Gasteiger partial charge in [0.05, 0.1) is 0 Å². The third-order valence-corrected chi connectivity index (χ3v) is 5.38. The Morgan fingerprint density at radius 3 is 1.96 bits per heavy atom. The van der Waals surface area contributed by atoms with E-state index in [0.29, 0.717) is 22.3 Å². The summed E-state index contributed by atoms with van der Waals surface area (Å²) < 4.78 is 50.5. The van der Waals surface area contributed by atoms with Crippen LogP contribution in [0, 0.1) is 18.6 Å². The molecule has 0 aliphatic carbocycles. The molecule has 24 heavy (non-hydrogen) atoms. The van der Waals surface area contributed by atoms with E-state index in [4.69, 9.17) is 5.14 Å². The van der Waals surface area contributed by atoms with Crippen molar-refractivity contribution in [2.75, 3.05) is 0 Å². The van der Waals surface area contributed by atoms with E-state index in [0.717, 1.165) is 17.7 Å². The number of sulfonamides is 1. The highest BCUT2D eigenvalue weighted by Crippen LogP contribution is 2.36. The zero-order chi connectivity index (χ0) is 17.5. The molecule has 0 amide bonds. The van der Waals surface area contributed by atoms with Crippen LogP contribution in [0.2, 0.25) is 0 Å². The Hall–Kier alpha value is -2.09. The van der Waals surface area contributed by atoms with E-state index in [1.807, 2.05) is 5.38 Å². The van der Waals surface area contributed by atoms with Crippen molar-refractivity contribution in [3.8, 4) is 22.3 Å². The lowest BCUT2D eigenvalue weighted by Gasteiger charge is -2.08. The van der Waals surface area contributed by atoms with Crippen molar-refractivity contribution in [1.82, 2.24) is 0 Å². The number of hydrogen-bond donors (Lipinski definition) is 1. The Bertz CT molecular complexity index is 1030. The summed E-state index contributed by atoms with van der Waals surface area (Å²) in [6.45, 7) is 1.68. The Morgan fingerprint density at radius 2 is 1.46 bits per heavy atom. The van der Waals surface area contributed by atoms with E-state index in [1.165, 1.54) is 23.5 Å². The molecule has 0 saturated carbocycles. The Labute approximate surface area is 142 Å². The van der Waals surface area contributed by atoms with Crippen LogP contribution in [0.4, 0.5) is 8.78 Å². The molecule has 1 aromatic heterocycles.